The summed E-state index contributed by atoms with van der Waals surface area (Å²) in [6.07, 6.45) is 3.41. The van der Waals surface area contributed by atoms with Crippen molar-refractivity contribution in [3.63, 3.8) is 0 Å². The molecule has 1 heterocycles. The van der Waals surface area contributed by atoms with E-state index >= 15 is 0 Å². The lowest BCUT2D eigenvalue weighted by molar-refractivity contribution is -0.132. The van der Waals surface area contributed by atoms with Crippen LogP contribution in [0, 0.1) is 6.92 Å². The highest BCUT2D eigenvalue weighted by Gasteiger charge is 2.09. The maximum absolute atomic E-state index is 11.0. The minimum atomic E-state index is -0.915. The zero-order valence-electron chi connectivity index (χ0n) is 10.9. The van der Waals surface area contributed by atoms with Crippen molar-refractivity contribution in [2.75, 3.05) is 0 Å². The largest absolute Gasteiger partial charge is 0.478 e. The van der Waals surface area contributed by atoms with E-state index in [0.717, 1.165) is 22.4 Å². The summed E-state index contributed by atoms with van der Waals surface area (Å²) in [6, 6.07) is 11.8. The molecule has 1 aromatic carbocycles. The van der Waals surface area contributed by atoms with E-state index in [2.05, 4.69) is 4.98 Å². The van der Waals surface area contributed by atoms with Gasteiger partial charge in [-0.2, -0.15) is 0 Å². The topological polar surface area (TPSA) is 50.2 Å². The molecule has 0 saturated carbocycles. The summed E-state index contributed by atoms with van der Waals surface area (Å²) in [7, 11) is 0. The second-order valence-corrected chi connectivity index (χ2v) is 4.36. The Bertz CT molecular complexity index is 630. The Morgan fingerprint density at radius 2 is 1.89 bits per heavy atom. The van der Waals surface area contributed by atoms with Gasteiger partial charge in [-0.15, -0.1) is 0 Å². The van der Waals surface area contributed by atoms with Crippen molar-refractivity contribution in [2.45, 2.75) is 13.8 Å². The maximum atomic E-state index is 11.0. The van der Waals surface area contributed by atoms with Gasteiger partial charge in [0.2, 0.25) is 0 Å². The standard InChI is InChI=1S/C16H15NO2/c1-11(16(18)19)10-15-12(2)17-9-8-14(15)13-6-4-3-5-7-13/h3-10H,1-2H3,(H,18,19). The molecule has 0 radical (unpaired) electrons. The highest BCUT2D eigenvalue weighted by Crippen LogP contribution is 2.26. The van der Waals surface area contributed by atoms with Crippen LogP contribution in [0.1, 0.15) is 18.2 Å². The Morgan fingerprint density at radius 1 is 1.21 bits per heavy atom. The predicted molar refractivity (Wildman–Crippen MR) is 75.7 cm³/mol. The third kappa shape index (κ3) is 2.88. The SMILES string of the molecule is CC(=Cc1c(-c2ccccc2)ccnc1C)C(=O)O. The predicted octanol–water partition coefficient (Wildman–Crippen LogP) is 3.54. The first-order valence-corrected chi connectivity index (χ1v) is 6.02. The molecule has 0 bridgehead atoms. The minimum Gasteiger partial charge on any atom is -0.478 e. The Balaban J connectivity index is 2.61. The van der Waals surface area contributed by atoms with Crippen LogP contribution in [0.3, 0.4) is 0 Å². The molecule has 96 valence electrons. The fraction of sp³-hybridized carbons (Fsp3) is 0.125. The van der Waals surface area contributed by atoms with Crippen LogP contribution in [0.5, 0.6) is 0 Å². The summed E-state index contributed by atoms with van der Waals surface area (Å²) in [4.78, 5) is 15.2. The molecular formula is C16H15NO2. The number of rotatable bonds is 3. The molecule has 2 aromatic rings. The maximum Gasteiger partial charge on any atom is 0.331 e. The molecule has 0 aliphatic heterocycles. The van der Waals surface area contributed by atoms with Crippen molar-refractivity contribution in [1.82, 2.24) is 4.98 Å². The molecule has 0 spiro atoms. The minimum absolute atomic E-state index is 0.299. The number of carboxylic acids is 1. The number of nitrogens with zero attached hydrogens (tertiary/aromatic N) is 1. The molecule has 0 aliphatic carbocycles. The monoisotopic (exact) mass is 253 g/mol. The Morgan fingerprint density at radius 3 is 2.53 bits per heavy atom. The first kappa shape index (κ1) is 13.0. The molecule has 0 aliphatic rings. The average Bonchev–Trinajstić information content (AvgIpc) is 2.41. The molecule has 0 unspecified atom stereocenters. The highest BCUT2D eigenvalue weighted by atomic mass is 16.4. The lowest BCUT2D eigenvalue weighted by Crippen LogP contribution is -1.98. The normalized spacial score (nSPS) is 11.4. The number of carboxylic acid groups (broad SMARTS) is 1. The van der Waals surface area contributed by atoms with Crippen molar-refractivity contribution in [1.29, 1.82) is 0 Å². The Labute approximate surface area is 112 Å². The van der Waals surface area contributed by atoms with Gasteiger partial charge in [-0.1, -0.05) is 30.3 Å². The first-order valence-electron chi connectivity index (χ1n) is 6.02. The summed E-state index contributed by atoms with van der Waals surface area (Å²) < 4.78 is 0. The van der Waals surface area contributed by atoms with E-state index in [1.54, 1.807) is 19.2 Å². The van der Waals surface area contributed by atoms with Gasteiger partial charge in [-0.25, -0.2) is 4.79 Å². The van der Waals surface area contributed by atoms with Crippen molar-refractivity contribution in [2.24, 2.45) is 0 Å². The number of benzene rings is 1. The quantitative estimate of drug-likeness (QED) is 0.851. The van der Waals surface area contributed by atoms with Gasteiger partial charge in [0, 0.05) is 23.0 Å². The molecule has 3 nitrogen and oxygen atoms in total. The lowest BCUT2D eigenvalue weighted by Gasteiger charge is -2.09. The molecule has 1 aromatic heterocycles. The molecule has 0 fully saturated rings. The molecule has 0 atom stereocenters. The Kier molecular flexibility index (Phi) is 3.76. The molecule has 19 heavy (non-hydrogen) atoms. The fourth-order valence-corrected chi connectivity index (χ4v) is 1.91. The number of carbonyl (C=O) groups is 1. The van der Waals surface area contributed by atoms with E-state index in [1.807, 2.05) is 43.3 Å². The van der Waals surface area contributed by atoms with Crippen LogP contribution in [0.2, 0.25) is 0 Å². The fourth-order valence-electron chi connectivity index (χ4n) is 1.91. The van der Waals surface area contributed by atoms with Gasteiger partial charge >= 0.3 is 5.97 Å². The van der Waals surface area contributed by atoms with E-state index in [9.17, 15) is 4.79 Å². The van der Waals surface area contributed by atoms with Crippen molar-refractivity contribution in [3.05, 3.63) is 59.4 Å². The third-order valence-electron chi connectivity index (χ3n) is 2.97. The molecule has 0 amide bonds. The Hall–Kier alpha value is -2.42. The summed E-state index contributed by atoms with van der Waals surface area (Å²) >= 11 is 0. The summed E-state index contributed by atoms with van der Waals surface area (Å²) in [5.41, 5.74) is 4.02. The van der Waals surface area contributed by atoms with Gasteiger partial charge in [0.1, 0.15) is 0 Å². The zero-order valence-corrected chi connectivity index (χ0v) is 10.9. The second-order valence-electron chi connectivity index (χ2n) is 4.36. The van der Waals surface area contributed by atoms with Crippen molar-refractivity contribution >= 4 is 12.0 Å². The van der Waals surface area contributed by atoms with Crippen LogP contribution in [0.15, 0.2) is 48.2 Å². The van der Waals surface area contributed by atoms with E-state index in [4.69, 9.17) is 5.11 Å². The second kappa shape index (κ2) is 5.48. The van der Waals surface area contributed by atoms with Crippen molar-refractivity contribution < 1.29 is 9.90 Å². The van der Waals surface area contributed by atoms with Crippen LogP contribution >= 0.6 is 0 Å². The van der Waals surface area contributed by atoms with E-state index < -0.39 is 5.97 Å². The highest BCUT2D eigenvalue weighted by molar-refractivity contribution is 5.93. The molecule has 3 heteroatoms. The van der Waals surface area contributed by atoms with Gasteiger partial charge in [-0.3, -0.25) is 4.98 Å². The lowest BCUT2D eigenvalue weighted by atomic mass is 9.98. The van der Waals surface area contributed by atoms with Gasteiger partial charge < -0.3 is 5.11 Å². The summed E-state index contributed by atoms with van der Waals surface area (Å²) in [5, 5.41) is 9.01. The number of aryl methyl sites for hydroxylation is 1. The van der Waals surface area contributed by atoms with E-state index in [1.165, 1.54) is 0 Å². The summed E-state index contributed by atoms with van der Waals surface area (Å²) in [6.45, 7) is 3.47. The number of hydrogen-bond donors (Lipinski definition) is 1. The van der Waals surface area contributed by atoms with E-state index in [0.29, 0.717) is 5.57 Å². The van der Waals surface area contributed by atoms with Gasteiger partial charge in [-0.05, 0) is 37.1 Å². The number of pyridine rings is 1. The van der Waals surface area contributed by atoms with Crippen LogP contribution in [0.25, 0.3) is 17.2 Å². The van der Waals surface area contributed by atoms with Crippen LogP contribution in [-0.4, -0.2) is 16.1 Å². The van der Waals surface area contributed by atoms with E-state index in [-0.39, 0.29) is 0 Å². The number of hydrogen-bond acceptors (Lipinski definition) is 2. The summed E-state index contributed by atoms with van der Waals surface area (Å²) in [5.74, 6) is -0.915. The van der Waals surface area contributed by atoms with Gasteiger partial charge in [0.05, 0.1) is 0 Å². The first-order chi connectivity index (χ1) is 9.09. The third-order valence-corrected chi connectivity index (χ3v) is 2.97. The van der Waals surface area contributed by atoms with Crippen LogP contribution < -0.4 is 0 Å². The smallest absolute Gasteiger partial charge is 0.331 e. The number of aliphatic carboxylic acids is 1. The van der Waals surface area contributed by atoms with Gasteiger partial charge in [0.15, 0.2) is 0 Å². The van der Waals surface area contributed by atoms with Gasteiger partial charge in [0.25, 0.3) is 0 Å². The molecule has 0 saturated heterocycles. The average molecular weight is 253 g/mol. The van der Waals surface area contributed by atoms with Crippen molar-refractivity contribution in [3.8, 4) is 11.1 Å². The molecular weight excluding hydrogens is 238 g/mol. The van der Waals surface area contributed by atoms with Crippen LogP contribution in [-0.2, 0) is 4.79 Å². The number of aromatic nitrogens is 1. The molecule has 1 N–H and O–H groups in total. The zero-order chi connectivity index (χ0) is 13.8. The molecule has 2 rings (SSSR count). The van der Waals surface area contributed by atoms with Crippen LogP contribution in [0.4, 0.5) is 0 Å².